The fraction of sp³-hybridized carbons (Fsp3) is 0.0769. The predicted octanol–water partition coefficient (Wildman–Crippen LogP) is 0.132. The molecule has 0 saturated carbocycles. The Morgan fingerprint density at radius 1 is 0.950 bits per heavy atom. The third kappa shape index (κ3) is 2.56. The Balaban J connectivity index is 2.58. The summed E-state index contributed by atoms with van der Waals surface area (Å²) in [4.78, 5) is 2.87. The lowest BCUT2D eigenvalue weighted by Gasteiger charge is -2.07. The van der Waals surface area contributed by atoms with Crippen LogP contribution in [0.2, 0.25) is 0 Å². The van der Waals surface area contributed by atoms with Gasteiger partial charge < -0.3 is 22.2 Å². The molecule has 0 unspecified atom stereocenters. The van der Waals surface area contributed by atoms with Gasteiger partial charge in [0, 0.05) is 11.4 Å². The summed E-state index contributed by atoms with van der Waals surface area (Å²) in [7, 11) is 0. The molecule has 0 aliphatic heterocycles. The number of nitrogens with two attached hydrogens (primary N) is 3. The average Bonchev–Trinajstić information content (AvgIpc) is 2.86. The van der Waals surface area contributed by atoms with Crippen LogP contribution in [0.3, 0.4) is 0 Å². The van der Waals surface area contributed by atoms with E-state index in [4.69, 9.17) is 17.2 Å². The molecule has 1 aromatic heterocycles. The Morgan fingerprint density at radius 3 is 2.05 bits per heavy atom. The molecule has 4 nitrogen and oxygen atoms in total. The first-order chi connectivity index (χ1) is 9.30. The number of halogens is 3. The van der Waals surface area contributed by atoms with Crippen molar-refractivity contribution in [3.05, 3.63) is 58.2 Å². The standard InChI is InChI=1S/C13H13F3N4/c14-13(15,16)8-3-1-7(2-4-8)10(17)11-9(12(18)19)5-6-20-11/h1-6,20H,17-19H2/b11-10+. The van der Waals surface area contributed by atoms with Gasteiger partial charge in [0.05, 0.1) is 16.6 Å². The van der Waals surface area contributed by atoms with Gasteiger partial charge in [-0.1, -0.05) is 12.1 Å². The lowest BCUT2D eigenvalue weighted by molar-refractivity contribution is -0.137. The van der Waals surface area contributed by atoms with Gasteiger partial charge in [0.25, 0.3) is 0 Å². The van der Waals surface area contributed by atoms with Crippen LogP contribution in [0.1, 0.15) is 11.1 Å². The van der Waals surface area contributed by atoms with Crippen molar-refractivity contribution in [3.63, 3.8) is 0 Å². The van der Waals surface area contributed by atoms with Crippen molar-refractivity contribution < 1.29 is 13.2 Å². The van der Waals surface area contributed by atoms with Crippen molar-refractivity contribution in [2.45, 2.75) is 6.18 Å². The first kappa shape index (κ1) is 13.9. The van der Waals surface area contributed by atoms with Crippen LogP contribution in [0.25, 0.3) is 11.5 Å². The molecule has 0 spiro atoms. The molecule has 0 atom stereocenters. The van der Waals surface area contributed by atoms with Crippen LogP contribution < -0.4 is 27.8 Å². The number of alkyl halides is 3. The van der Waals surface area contributed by atoms with Crippen molar-refractivity contribution >= 4 is 11.5 Å². The minimum absolute atomic E-state index is 0.0797. The Hall–Kier alpha value is -2.57. The molecular weight excluding hydrogens is 269 g/mol. The molecule has 0 bridgehead atoms. The SMILES string of the molecule is NC(N)=c1cc[nH]/c1=C(/N)c1ccc(C(F)(F)F)cc1. The van der Waals surface area contributed by atoms with E-state index in [1.54, 1.807) is 12.3 Å². The van der Waals surface area contributed by atoms with E-state index in [1.807, 2.05) is 0 Å². The highest BCUT2D eigenvalue weighted by atomic mass is 19.4. The number of H-pyrrole nitrogens is 1. The molecule has 1 aromatic carbocycles. The topological polar surface area (TPSA) is 93.8 Å². The Labute approximate surface area is 112 Å². The summed E-state index contributed by atoms with van der Waals surface area (Å²) < 4.78 is 37.5. The van der Waals surface area contributed by atoms with Gasteiger partial charge in [0.15, 0.2) is 0 Å². The number of aromatic amines is 1. The molecule has 1 heterocycles. The molecule has 0 saturated heterocycles. The van der Waals surface area contributed by atoms with E-state index in [0.717, 1.165) is 12.1 Å². The van der Waals surface area contributed by atoms with Gasteiger partial charge in [0.1, 0.15) is 5.82 Å². The van der Waals surface area contributed by atoms with Crippen LogP contribution in [-0.4, -0.2) is 4.98 Å². The second-order valence-electron chi connectivity index (χ2n) is 4.21. The molecule has 0 amide bonds. The summed E-state index contributed by atoms with van der Waals surface area (Å²) in [6, 6.07) is 6.19. The molecule has 0 aliphatic carbocycles. The Morgan fingerprint density at radius 2 is 1.55 bits per heavy atom. The summed E-state index contributed by atoms with van der Waals surface area (Å²) in [6.45, 7) is 0. The van der Waals surface area contributed by atoms with E-state index in [2.05, 4.69) is 4.98 Å². The number of hydrogen-bond donors (Lipinski definition) is 4. The molecule has 2 aromatic rings. The fourth-order valence-electron chi connectivity index (χ4n) is 1.82. The highest BCUT2D eigenvalue weighted by Crippen LogP contribution is 2.29. The third-order valence-electron chi connectivity index (χ3n) is 2.85. The minimum atomic E-state index is -4.37. The van der Waals surface area contributed by atoms with E-state index in [0.29, 0.717) is 16.1 Å². The van der Waals surface area contributed by atoms with E-state index in [9.17, 15) is 13.2 Å². The van der Waals surface area contributed by atoms with Gasteiger partial charge in [-0.3, -0.25) is 0 Å². The summed E-state index contributed by atoms with van der Waals surface area (Å²) >= 11 is 0. The minimum Gasteiger partial charge on any atom is -0.397 e. The predicted molar refractivity (Wildman–Crippen MR) is 70.0 cm³/mol. The highest BCUT2D eigenvalue weighted by Gasteiger charge is 2.29. The van der Waals surface area contributed by atoms with Gasteiger partial charge in [-0.25, -0.2) is 0 Å². The molecule has 0 radical (unpaired) electrons. The fourth-order valence-corrected chi connectivity index (χ4v) is 1.82. The van der Waals surface area contributed by atoms with Crippen LogP contribution in [0.4, 0.5) is 13.2 Å². The van der Waals surface area contributed by atoms with Crippen molar-refractivity contribution in [2.24, 2.45) is 17.2 Å². The zero-order valence-corrected chi connectivity index (χ0v) is 10.3. The van der Waals surface area contributed by atoms with Gasteiger partial charge in [-0.2, -0.15) is 13.2 Å². The molecule has 106 valence electrons. The van der Waals surface area contributed by atoms with Crippen molar-refractivity contribution in [1.29, 1.82) is 0 Å². The van der Waals surface area contributed by atoms with Crippen LogP contribution in [0.5, 0.6) is 0 Å². The maximum atomic E-state index is 12.5. The van der Waals surface area contributed by atoms with Crippen LogP contribution >= 0.6 is 0 Å². The molecule has 7 N–H and O–H groups in total. The van der Waals surface area contributed by atoms with E-state index < -0.39 is 11.7 Å². The molecule has 7 heteroatoms. The summed E-state index contributed by atoms with van der Waals surface area (Å²) in [5.74, 6) is 0.0797. The summed E-state index contributed by atoms with van der Waals surface area (Å²) in [5, 5.41) is 0.993. The van der Waals surface area contributed by atoms with Gasteiger partial charge in [-0.15, -0.1) is 0 Å². The second-order valence-corrected chi connectivity index (χ2v) is 4.21. The Kier molecular flexibility index (Phi) is 3.35. The highest BCUT2D eigenvalue weighted by molar-refractivity contribution is 5.62. The second kappa shape index (κ2) is 4.84. The lowest BCUT2D eigenvalue weighted by atomic mass is 10.1. The zero-order chi connectivity index (χ0) is 14.9. The lowest BCUT2D eigenvalue weighted by Crippen LogP contribution is -2.35. The summed E-state index contributed by atoms with van der Waals surface area (Å²) in [5.41, 5.74) is 17.0. The molecule has 0 fully saturated rings. The average molecular weight is 282 g/mol. The van der Waals surface area contributed by atoms with Crippen LogP contribution in [0.15, 0.2) is 36.5 Å². The van der Waals surface area contributed by atoms with E-state index >= 15 is 0 Å². The Bertz CT molecular complexity index is 722. The molecule has 2 rings (SSSR count). The van der Waals surface area contributed by atoms with Crippen molar-refractivity contribution in [1.82, 2.24) is 4.98 Å². The smallest absolute Gasteiger partial charge is 0.397 e. The van der Waals surface area contributed by atoms with E-state index in [-0.39, 0.29) is 11.5 Å². The van der Waals surface area contributed by atoms with Crippen LogP contribution in [-0.2, 0) is 6.18 Å². The maximum Gasteiger partial charge on any atom is 0.416 e. The molecule has 20 heavy (non-hydrogen) atoms. The normalized spacial score (nSPS) is 13.2. The van der Waals surface area contributed by atoms with Gasteiger partial charge in [-0.05, 0) is 23.8 Å². The number of aromatic nitrogens is 1. The van der Waals surface area contributed by atoms with Crippen LogP contribution in [0, 0.1) is 0 Å². The molecular formula is C13H13F3N4. The van der Waals surface area contributed by atoms with E-state index in [1.165, 1.54) is 12.1 Å². The first-order valence-electron chi connectivity index (χ1n) is 5.67. The summed E-state index contributed by atoms with van der Waals surface area (Å²) in [6.07, 6.45) is -2.78. The van der Waals surface area contributed by atoms with Crippen molar-refractivity contribution in [3.8, 4) is 0 Å². The quantitative estimate of drug-likeness (QED) is 0.599. The third-order valence-corrected chi connectivity index (χ3v) is 2.85. The van der Waals surface area contributed by atoms with Gasteiger partial charge >= 0.3 is 6.18 Å². The first-order valence-corrected chi connectivity index (χ1v) is 5.67. The number of nitrogens with one attached hydrogen (secondary N) is 1. The van der Waals surface area contributed by atoms with Gasteiger partial charge in [0.2, 0.25) is 0 Å². The zero-order valence-electron chi connectivity index (χ0n) is 10.3. The number of rotatable bonds is 1. The van der Waals surface area contributed by atoms with Crippen molar-refractivity contribution in [2.75, 3.05) is 0 Å². The monoisotopic (exact) mass is 282 g/mol. The number of benzene rings is 1. The largest absolute Gasteiger partial charge is 0.416 e. The molecule has 0 aliphatic rings. The number of hydrogen-bond acceptors (Lipinski definition) is 3. The maximum absolute atomic E-state index is 12.5.